The standard InChI is InChI=1S/C15H18N4O3/c1-8-12(14(16)20)13(19-15(17)18-8)9(2)22-11-7-5-4-6-10(11)21-3/h4-7,9H,1-3H3,(H2,16,20)(H2,17,18,19). The number of hydrogen-bond acceptors (Lipinski definition) is 6. The molecule has 0 fully saturated rings. The lowest BCUT2D eigenvalue weighted by Crippen LogP contribution is -2.21. The zero-order chi connectivity index (χ0) is 16.3. The number of methoxy groups -OCH3 is 1. The Balaban J connectivity index is 2.41. The van der Waals surface area contributed by atoms with Gasteiger partial charge in [0.15, 0.2) is 11.5 Å². The molecule has 0 saturated heterocycles. The fourth-order valence-corrected chi connectivity index (χ4v) is 2.18. The maximum atomic E-state index is 11.7. The molecular weight excluding hydrogens is 284 g/mol. The molecule has 1 heterocycles. The number of rotatable bonds is 5. The fourth-order valence-electron chi connectivity index (χ4n) is 2.18. The molecular formula is C15H18N4O3. The van der Waals surface area contributed by atoms with Crippen LogP contribution in [0.25, 0.3) is 0 Å². The average molecular weight is 302 g/mol. The molecule has 4 N–H and O–H groups in total. The van der Waals surface area contributed by atoms with Crippen molar-refractivity contribution in [3.8, 4) is 11.5 Å². The van der Waals surface area contributed by atoms with E-state index in [2.05, 4.69) is 9.97 Å². The molecule has 0 bridgehead atoms. The second kappa shape index (κ2) is 6.30. The maximum Gasteiger partial charge on any atom is 0.252 e. The highest BCUT2D eigenvalue weighted by molar-refractivity contribution is 5.95. The molecule has 22 heavy (non-hydrogen) atoms. The number of nitrogens with two attached hydrogens (primary N) is 2. The van der Waals surface area contributed by atoms with E-state index in [0.29, 0.717) is 22.9 Å². The summed E-state index contributed by atoms with van der Waals surface area (Å²) in [5.41, 5.74) is 12.1. The molecule has 0 spiro atoms. The van der Waals surface area contributed by atoms with Gasteiger partial charge < -0.3 is 20.9 Å². The lowest BCUT2D eigenvalue weighted by atomic mass is 10.1. The van der Waals surface area contributed by atoms with Crippen molar-refractivity contribution in [3.63, 3.8) is 0 Å². The fraction of sp³-hybridized carbons (Fsp3) is 0.267. The topological polar surface area (TPSA) is 113 Å². The molecule has 2 rings (SSSR count). The average Bonchev–Trinajstić information content (AvgIpc) is 2.46. The number of ether oxygens (including phenoxy) is 2. The van der Waals surface area contributed by atoms with Crippen molar-refractivity contribution in [3.05, 3.63) is 41.2 Å². The highest BCUT2D eigenvalue weighted by atomic mass is 16.5. The molecule has 1 unspecified atom stereocenters. The Kier molecular flexibility index (Phi) is 4.45. The number of primary amides is 1. The smallest absolute Gasteiger partial charge is 0.252 e. The molecule has 1 aromatic carbocycles. The van der Waals surface area contributed by atoms with Crippen LogP contribution in [0.5, 0.6) is 11.5 Å². The van der Waals surface area contributed by atoms with Crippen LogP contribution in [-0.4, -0.2) is 23.0 Å². The van der Waals surface area contributed by atoms with Crippen LogP contribution in [0.15, 0.2) is 24.3 Å². The van der Waals surface area contributed by atoms with Crippen molar-refractivity contribution in [2.45, 2.75) is 20.0 Å². The number of nitrogen functional groups attached to an aromatic ring is 1. The van der Waals surface area contributed by atoms with E-state index in [4.69, 9.17) is 20.9 Å². The molecule has 0 aliphatic rings. The van der Waals surface area contributed by atoms with E-state index in [1.807, 2.05) is 12.1 Å². The van der Waals surface area contributed by atoms with Crippen LogP contribution >= 0.6 is 0 Å². The first kappa shape index (κ1) is 15.6. The number of aryl methyl sites for hydroxylation is 1. The Morgan fingerprint density at radius 2 is 1.86 bits per heavy atom. The lowest BCUT2D eigenvalue weighted by molar-refractivity contribution is 0.0993. The van der Waals surface area contributed by atoms with E-state index >= 15 is 0 Å². The predicted octanol–water partition coefficient (Wildman–Crippen LogP) is 1.61. The molecule has 7 nitrogen and oxygen atoms in total. The summed E-state index contributed by atoms with van der Waals surface area (Å²) >= 11 is 0. The van der Waals surface area contributed by atoms with Crippen LogP contribution in [0.3, 0.4) is 0 Å². The summed E-state index contributed by atoms with van der Waals surface area (Å²) in [7, 11) is 1.55. The highest BCUT2D eigenvalue weighted by Gasteiger charge is 2.22. The Labute approximate surface area is 128 Å². The molecule has 7 heteroatoms. The Hall–Kier alpha value is -2.83. The molecule has 0 aliphatic heterocycles. The van der Waals surface area contributed by atoms with Crippen LogP contribution < -0.4 is 20.9 Å². The Bertz CT molecular complexity index is 703. The maximum absolute atomic E-state index is 11.7. The van der Waals surface area contributed by atoms with Gasteiger partial charge in [-0.15, -0.1) is 0 Å². The van der Waals surface area contributed by atoms with Crippen LogP contribution in [0, 0.1) is 6.92 Å². The zero-order valence-electron chi connectivity index (χ0n) is 12.7. The quantitative estimate of drug-likeness (QED) is 0.867. The first-order valence-corrected chi connectivity index (χ1v) is 6.67. The van der Waals surface area contributed by atoms with Crippen molar-refractivity contribution in [1.29, 1.82) is 0 Å². The number of nitrogens with zero attached hydrogens (tertiary/aromatic N) is 2. The van der Waals surface area contributed by atoms with Gasteiger partial charge in [0.1, 0.15) is 6.10 Å². The minimum absolute atomic E-state index is 0.0629. The van der Waals surface area contributed by atoms with Crippen LogP contribution in [0.4, 0.5) is 5.95 Å². The van der Waals surface area contributed by atoms with Gasteiger partial charge in [-0.25, -0.2) is 9.97 Å². The van der Waals surface area contributed by atoms with E-state index in [9.17, 15) is 4.79 Å². The third kappa shape index (κ3) is 3.08. The van der Waals surface area contributed by atoms with E-state index in [-0.39, 0.29) is 11.5 Å². The third-order valence-electron chi connectivity index (χ3n) is 3.14. The van der Waals surface area contributed by atoms with Crippen molar-refractivity contribution in [2.75, 3.05) is 12.8 Å². The van der Waals surface area contributed by atoms with Crippen LogP contribution in [0.1, 0.15) is 34.8 Å². The summed E-state index contributed by atoms with van der Waals surface area (Å²) in [6, 6.07) is 7.19. The van der Waals surface area contributed by atoms with Crippen molar-refractivity contribution >= 4 is 11.9 Å². The normalized spacial score (nSPS) is 11.8. The van der Waals surface area contributed by atoms with Crippen LogP contribution in [-0.2, 0) is 0 Å². The van der Waals surface area contributed by atoms with E-state index < -0.39 is 12.0 Å². The molecule has 0 radical (unpaired) electrons. The minimum Gasteiger partial charge on any atom is -0.493 e. The van der Waals surface area contributed by atoms with Gasteiger partial charge in [-0.1, -0.05) is 12.1 Å². The summed E-state index contributed by atoms with van der Waals surface area (Å²) in [5.74, 6) is 0.549. The van der Waals surface area contributed by atoms with Gasteiger partial charge in [0.2, 0.25) is 5.95 Å². The number of anilines is 1. The van der Waals surface area contributed by atoms with Crippen molar-refractivity contribution in [2.24, 2.45) is 5.73 Å². The second-order valence-corrected chi connectivity index (χ2v) is 4.70. The summed E-state index contributed by atoms with van der Waals surface area (Å²) in [5, 5.41) is 0. The van der Waals surface area contributed by atoms with Crippen molar-refractivity contribution in [1.82, 2.24) is 9.97 Å². The van der Waals surface area contributed by atoms with Gasteiger partial charge >= 0.3 is 0 Å². The molecule has 1 atom stereocenters. The number of aromatic nitrogens is 2. The summed E-state index contributed by atoms with van der Waals surface area (Å²) in [6.45, 7) is 3.40. The minimum atomic E-state index is -0.622. The highest BCUT2D eigenvalue weighted by Crippen LogP contribution is 2.31. The van der Waals surface area contributed by atoms with Gasteiger partial charge in [0.25, 0.3) is 5.91 Å². The molecule has 0 saturated carbocycles. The predicted molar refractivity (Wildman–Crippen MR) is 81.7 cm³/mol. The van der Waals surface area contributed by atoms with Gasteiger partial charge in [-0.3, -0.25) is 4.79 Å². The van der Waals surface area contributed by atoms with Gasteiger partial charge in [-0.05, 0) is 26.0 Å². The van der Waals surface area contributed by atoms with E-state index in [0.717, 1.165) is 0 Å². The third-order valence-corrected chi connectivity index (χ3v) is 3.14. The van der Waals surface area contributed by atoms with Crippen LogP contribution in [0.2, 0.25) is 0 Å². The summed E-state index contributed by atoms with van der Waals surface area (Å²) in [6.07, 6.45) is -0.553. The molecule has 1 aromatic heterocycles. The zero-order valence-corrected chi connectivity index (χ0v) is 12.7. The van der Waals surface area contributed by atoms with E-state index in [1.165, 1.54) is 0 Å². The molecule has 1 amide bonds. The Morgan fingerprint density at radius 1 is 1.23 bits per heavy atom. The van der Waals surface area contributed by atoms with E-state index in [1.54, 1.807) is 33.1 Å². The number of benzene rings is 1. The van der Waals surface area contributed by atoms with Gasteiger partial charge in [-0.2, -0.15) is 0 Å². The number of para-hydroxylation sites is 2. The largest absolute Gasteiger partial charge is 0.493 e. The van der Waals surface area contributed by atoms with Gasteiger partial charge in [0.05, 0.1) is 24.1 Å². The Morgan fingerprint density at radius 3 is 2.45 bits per heavy atom. The second-order valence-electron chi connectivity index (χ2n) is 4.70. The number of carbonyl (C=O) groups excluding carboxylic acids is 1. The molecule has 2 aromatic rings. The summed E-state index contributed by atoms with van der Waals surface area (Å²) < 4.78 is 11.1. The number of carbonyl (C=O) groups is 1. The monoisotopic (exact) mass is 302 g/mol. The first-order valence-electron chi connectivity index (χ1n) is 6.67. The lowest BCUT2D eigenvalue weighted by Gasteiger charge is -2.19. The SMILES string of the molecule is COc1ccccc1OC(C)c1nc(N)nc(C)c1C(N)=O. The summed E-state index contributed by atoms with van der Waals surface area (Å²) in [4.78, 5) is 19.7. The van der Waals surface area contributed by atoms with Crippen molar-refractivity contribution < 1.29 is 14.3 Å². The molecule has 0 aliphatic carbocycles. The number of hydrogen-bond donors (Lipinski definition) is 2. The number of amides is 1. The first-order chi connectivity index (χ1) is 10.4. The molecule has 116 valence electrons. The van der Waals surface area contributed by atoms with Gasteiger partial charge in [0, 0.05) is 0 Å².